The van der Waals surface area contributed by atoms with Crippen LogP contribution in [-0.2, 0) is 4.79 Å². The van der Waals surface area contributed by atoms with Crippen molar-refractivity contribution in [1.29, 1.82) is 0 Å². The van der Waals surface area contributed by atoms with Gasteiger partial charge in [0.1, 0.15) is 0 Å². The summed E-state index contributed by atoms with van der Waals surface area (Å²) in [6.45, 7) is 3.24. The fourth-order valence-electron chi connectivity index (χ4n) is 3.17. The smallest absolute Gasteiger partial charge is 0.251 e. The molecule has 0 spiro atoms. The fraction of sp³-hybridized carbons (Fsp3) is 0.579. The normalized spacial score (nSPS) is 17.4. The quantitative estimate of drug-likeness (QED) is 0.909. The molecule has 2 heterocycles. The van der Waals surface area contributed by atoms with E-state index >= 15 is 0 Å². The zero-order valence-corrected chi connectivity index (χ0v) is 14.6. The first-order chi connectivity index (χ1) is 12.2. The Hall–Kier alpha value is -2.24. The van der Waals surface area contributed by atoms with Crippen LogP contribution < -0.4 is 14.8 Å². The second-order valence-corrected chi connectivity index (χ2v) is 6.51. The number of likely N-dealkylation sites (tertiary alicyclic amines) is 1. The lowest BCUT2D eigenvalue weighted by Crippen LogP contribution is -2.35. The third-order valence-corrected chi connectivity index (χ3v) is 4.59. The summed E-state index contributed by atoms with van der Waals surface area (Å²) in [6, 6.07) is 5.18. The Morgan fingerprint density at radius 3 is 2.44 bits per heavy atom. The van der Waals surface area contributed by atoms with E-state index in [0.29, 0.717) is 43.2 Å². The van der Waals surface area contributed by atoms with Gasteiger partial charge in [-0.2, -0.15) is 0 Å². The number of nitrogens with one attached hydrogen (secondary N) is 1. The van der Waals surface area contributed by atoms with E-state index in [1.54, 1.807) is 18.2 Å². The zero-order valence-electron chi connectivity index (χ0n) is 14.6. The molecule has 0 radical (unpaired) electrons. The third-order valence-electron chi connectivity index (χ3n) is 4.59. The van der Waals surface area contributed by atoms with Gasteiger partial charge in [0.05, 0.1) is 13.2 Å². The van der Waals surface area contributed by atoms with Crippen LogP contribution in [0.2, 0.25) is 0 Å². The molecular weight excluding hydrogens is 320 g/mol. The van der Waals surface area contributed by atoms with Crippen molar-refractivity contribution >= 4 is 11.8 Å². The first-order valence-corrected chi connectivity index (χ1v) is 9.20. The maximum atomic E-state index is 12.3. The predicted octanol–water partition coefficient (Wildman–Crippen LogP) is 2.37. The Morgan fingerprint density at radius 1 is 0.960 bits per heavy atom. The van der Waals surface area contributed by atoms with Crippen molar-refractivity contribution in [3.8, 4) is 11.5 Å². The van der Waals surface area contributed by atoms with Gasteiger partial charge in [-0.25, -0.2) is 0 Å². The first kappa shape index (κ1) is 17.6. The van der Waals surface area contributed by atoms with Crippen LogP contribution in [0, 0.1) is 0 Å². The number of nitrogens with zero attached hydrogens (tertiary/aromatic N) is 1. The summed E-state index contributed by atoms with van der Waals surface area (Å²) in [5.74, 6) is 1.20. The van der Waals surface area contributed by atoms with Gasteiger partial charge in [-0.3, -0.25) is 9.59 Å². The maximum Gasteiger partial charge on any atom is 0.251 e. The molecule has 0 atom stereocenters. The number of benzene rings is 1. The molecule has 0 aromatic heterocycles. The zero-order chi connectivity index (χ0) is 17.5. The van der Waals surface area contributed by atoms with E-state index in [1.165, 1.54) is 12.8 Å². The van der Waals surface area contributed by atoms with E-state index in [9.17, 15) is 9.59 Å². The van der Waals surface area contributed by atoms with Crippen LogP contribution in [0.3, 0.4) is 0 Å². The van der Waals surface area contributed by atoms with Gasteiger partial charge < -0.3 is 19.7 Å². The largest absolute Gasteiger partial charge is 0.490 e. The number of carbonyl (C=O) groups is 2. The monoisotopic (exact) mass is 346 g/mol. The van der Waals surface area contributed by atoms with E-state index in [2.05, 4.69) is 5.32 Å². The highest BCUT2D eigenvalue weighted by Crippen LogP contribution is 2.30. The molecule has 25 heavy (non-hydrogen) atoms. The lowest BCUT2D eigenvalue weighted by atomic mass is 10.2. The lowest BCUT2D eigenvalue weighted by Gasteiger charge is -2.20. The number of amides is 2. The van der Waals surface area contributed by atoms with Crippen LogP contribution in [0.1, 0.15) is 48.9 Å². The molecule has 136 valence electrons. The van der Waals surface area contributed by atoms with Crippen LogP contribution in [0.15, 0.2) is 18.2 Å². The Balaban J connectivity index is 1.49. The van der Waals surface area contributed by atoms with Gasteiger partial charge in [0.2, 0.25) is 5.91 Å². The minimum atomic E-state index is -0.195. The molecule has 0 aliphatic carbocycles. The Kier molecular flexibility index (Phi) is 6.14. The molecule has 1 aromatic carbocycles. The van der Waals surface area contributed by atoms with Crippen molar-refractivity contribution in [1.82, 2.24) is 10.2 Å². The molecule has 1 aromatic rings. The van der Waals surface area contributed by atoms with Gasteiger partial charge >= 0.3 is 0 Å². The van der Waals surface area contributed by atoms with Crippen molar-refractivity contribution in [2.24, 2.45) is 0 Å². The predicted molar refractivity (Wildman–Crippen MR) is 94.0 cm³/mol. The average Bonchev–Trinajstić information content (AvgIpc) is 3.03. The Labute approximate surface area is 148 Å². The Morgan fingerprint density at radius 2 is 1.68 bits per heavy atom. The highest BCUT2D eigenvalue weighted by Gasteiger charge is 2.17. The number of fused-ring (bicyclic) bond motifs is 1. The highest BCUT2D eigenvalue weighted by atomic mass is 16.5. The van der Waals surface area contributed by atoms with Crippen LogP contribution in [0.25, 0.3) is 0 Å². The van der Waals surface area contributed by atoms with Crippen molar-refractivity contribution in [2.75, 3.05) is 32.8 Å². The molecule has 0 unspecified atom stereocenters. The summed E-state index contributed by atoms with van der Waals surface area (Å²) in [5, 5.41) is 2.82. The van der Waals surface area contributed by atoms with Gasteiger partial charge in [-0.05, 0) is 31.0 Å². The van der Waals surface area contributed by atoms with Crippen molar-refractivity contribution in [2.45, 2.75) is 38.5 Å². The average molecular weight is 346 g/mol. The molecule has 0 saturated carbocycles. The number of ether oxygens (including phenoxy) is 2. The topological polar surface area (TPSA) is 67.9 Å². The number of carbonyl (C=O) groups excluding carboxylic acids is 2. The number of hydrogen-bond donors (Lipinski definition) is 1. The molecule has 2 aliphatic heterocycles. The van der Waals surface area contributed by atoms with Gasteiger partial charge in [0.15, 0.2) is 11.5 Å². The lowest BCUT2D eigenvalue weighted by molar-refractivity contribution is -0.131. The Bertz CT molecular complexity index is 609. The van der Waals surface area contributed by atoms with E-state index in [-0.39, 0.29) is 11.8 Å². The van der Waals surface area contributed by atoms with Crippen molar-refractivity contribution in [3.05, 3.63) is 23.8 Å². The first-order valence-electron chi connectivity index (χ1n) is 9.20. The van der Waals surface area contributed by atoms with Gasteiger partial charge in [0, 0.05) is 38.0 Å². The van der Waals surface area contributed by atoms with Crippen LogP contribution >= 0.6 is 0 Å². The summed E-state index contributed by atoms with van der Waals surface area (Å²) in [4.78, 5) is 26.5. The van der Waals surface area contributed by atoms with Crippen LogP contribution in [0.5, 0.6) is 11.5 Å². The molecule has 6 nitrogen and oxygen atoms in total. The van der Waals surface area contributed by atoms with Gasteiger partial charge in [-0.1, -0.05) is 12.8 Å². The molecule has 0 bridgehead atoms. The maximum absolute atomic E-state index is 12.3. The van der Waals surface area contributed by atoms with Gasteiger partial charge in [-0.15, -0.1) is 0 Å². The molecule has 2 aliphatic rings. The summed E-state index contributed by atoms with van der Waals surface area (Å²) >= 11 is 0. The summed E-state index contributed by atoms with van der Waals surface area (Å²) in [6.07, 6.45) is 5.73. The molecule has 1 N–H and O–H groups in total. The van der Waals surface area contributed by atoms with Crippen LogP contribution in [-0.4, -0.2) is 49.6 Å². The molecule has 2 amide bonds. The molecule has 1 saturated heterocycles. The molecule has 6 heteroatoms. The number of rotatable bonds is 4. The van der Waals surface area contributed by atoms with Crippen molar-refractivity contribution < 1.29 is 19.1 Å². The van der Waals surface area contributed by atoms with E-state index in [4.69, 9.17) is 9.47 Å². The summed E-state index contributed by atoms with van der Waals surface area (Å²) in [7, 11) is 0. The van der Waals surface area contributed by atoms with Crippen molar-refractivity contribution in [3.63, 3.8) is 0 Å². The summed E-state index contributed by atoms with van der Waals surface area (Å²) < 4.78 is 11.2. The third kappa shape index (κ3) is 4.87. The van der Waals surface area contributed by atoms with E-state index < -0.39 is 0 Å². The second-order valence-electron chi connectivity index (χ2n) is 6.51. The SMILES string of the molecule is O=C(NCCC(=O)N1CCCCCC1)c1ccc2c(c1)OCCCO2. The minimum Gasteiger partial charge on any atom is -0.490 e. The van der Waals surface area contributed by atoms with Gasteiger partial charge in [0.25, 0.3) is 5.91 Å². The summed E-state index contributed by atoms with van der Waals surface area (Å²) in [5.41, 5.74) is 0.520. The van der Waals surface area contributed by atoms with Crippen LogP contribution in [0.4, 0.5) is 0 Å². The highest BCUT2D eigenvalue weighted by molar-refractivity contribution is 5.95. The number of hydrogen-bond acceptors (Lipinski definition) is 4. The van der Waals surface area contributed by atoms with E-state index in [0.717, 1.165) is 32.4 Å². The molecule has 1 fully saturated rings. The fourth-order valence-corrected chi connectivity index (χ4v) is 3.17. The molecule has 3 rings (SSSR count). The standard InChI is InChI=1S/C19H26N2O4/c22-18(21-10-3-1-2-4-11-21)8-9-20-19(23)15-6-7-16-17(14-15)25-13-5-12-24-16/h6-7,14H,1-5,8-13H2,(H,20,23). The van der Waals surface area contributed by atoms with E-state index in [1.807, 2.05) is 4.90 Å². The minimum absolute atomic E-state index is 0.126. The molecular formula is C19H26N2O4. The second kappa shape index (κ2) is 8.74.